The van der Waals surface area contributed by atoms with Crippen molar-refractivity contribution in [3.05, 3.63) is 41.7 Å². The molecule has 0 bridgehead atoms. The third kappa shape index (κ3) is 3.61. The van der Waals surface area contributed by atoms with Crippen LogP contribution in [0.1, 0.15) is 6.42 Å². The van der Waals surface area contributed by atoms with Gasteiger partial charge in [0.05, 0.1) is 22.8 Å². The monoisotopic (exact) mass is 385 g/mol. The number of aliphatic carboxylic acids is 1. The summed E-state index contributed by atoms with van der Waals surface area (Å²) in [5, 5.41) is 14.1. The number of fused-ring (bicyclic) bond motifs is 1. The van der Waals surface area contributed by atoms with Crippen LogP contribution in [0, 0.1) is 5.92 Å². The van der Waals surface area contributed by atoms with Gasteiger partial charge in [-0.25, -0.2) is 9.97 Å². The summed E-state index contributed by atoms with van der Waals surface area (Å²) in [7, 11) is 1.92. The first-order valence-electron chi connectivity index (χ1n) is 8.78. The number of halogens is 1. The number of nitrogens with one attached hydrogen (secondary N) is 2. The van der Waals surface area contributed by atoms with Gasteiger partial charge in [-0.3, -0.25) is 4.79 Å². The minimum atomic E-state index is -0.773. The van der Waals surface area contributed by atoms with Crippen LogP contribution >= 0.6 is 11.6 Å². The zero-order chi connectivity index (χ0) is 19.0. The van der Waals surface area contributed by atoms with Crippen LogP contribution in [0.4, 0.5) is 5.95 Å². The fourth-order valence-corrected chi connectivity index (χ4v) is 3.87. The molecule has 1 aliphatic heterocycles. The summed E-state index contributed by atoms with van der Waals surface area (Å²) in [5.74, 6) is -0.726. The van der Waals surface area contributed by atoms with Gasteiger partial charge in [0.2, 0.25) is 5.95 Å². The first kappa shape index (κ1) is 17.8. The van der Waals surface area contributed by atoms with Crippen LogP contribution < -0.4 is 5.32 Å². The number of likely N-dealkylation sites (tertiary alicyclic amines) is 1. The molecule has 140 valence electrons. The van der Waals surface area contributed by atoms with E-state index in [1.54, 1.807) is 6.20 Å². The van der Waals surface area contributed by atoms with Crippen LogP contribution in [0.15, 0.2) is 36.7 Å². The van der Waals surface area contributed by atoms with E-state index in [-0.39, 0.29) is 6.04 Å². The highest BCUT2D eigenvalue weighted by atomic mass is 35.5. The highest BCUT2D eigenvalue weighted by molar-refractivity contribution is 6.33. The zero-order valence-electron chi connectivity index (χ0n) is 14.8. The van der Waals surface area contributed by atoms with Gasteiger partial charge in [0.25, 0.3) is 0 Å². The van der Waals surface area contributed by atoms with E-state index in [0.717, 1.165) is 23.0 Å². The molecular formula is C19H20ClN5O2. The number of anilines is 1. The molecule has 27 heavy (non-hydrogen) atoms. The van der Waals surface area contributed by atoms with Crippen LogP contribution in [0.2, 0.25) is 5.02 Å². The van der Waals surface area contributed by atoms with E-state index in [0.29, 0.717) is 29.6 Å². The second-order valence-electron chi connectivity index (χ2n) is 6.97. The summed E-state index contributed by atoms with van der Waals surface area (Å²) in [6, 6.07) is 7.91. The number of piperidine rings is 1. The first-order chi connectivity index (χ1) is 13.0. The van der Waals surface area contributed by atoms with Gasteiger partial charge in [-0.1, -0.05) is 29.8 Å². The van der Waals surface area contributed by atoms with Gasteiger partial charge in [0.1, 0.15) is 0 Å². The predicted molar refractivity (Wildman–Crippen MR) is 105 cm³/mol. The Morgan fingerprint density at radius 1 is 1.37 bits per heavy atom. The molecule has 0 amide bonds. The van der Waals surface area contributed by atoms with Crippen LogP contribution in [-0.2, 0) is 4.79 Å². The fraction of sp³-hybridized carbons (Fsp3) is 0.316. The molecule has 2 aromatic heterocycles. The van der Waals surface area contributed by atoms with Gasteiger partial charge in [0.15, 0.2) is 0 Å². The molecule has 0 saturated carbocycles. The molecule has 7 nitrogen and oxygen atoms in total. The number of likely N-dealkylation sites (N-methyl/N-ethyl adjacent to an activating group) is 1. The lowest BCUT2D eigenvalue weighted by molar-refractivity contribution is -0.143. The van der Waals surface area contributed by atoms with Gasteiger partial charge in [-0.05, 0) is 19.5 Å². The molecule has 1 aromatic carbocycles. The van der Waals surface area contributed by atoms with Crippen LogP contribution in [-0.4, -0.2) is 57.1 Å². The third-order valence-electron chi connectivity index (χ3n) is 4.90. The number of hydrogen-bond donors (Lipinski definition) is 3. The second kappa shape index (κ2) is 7.17. The normalized spacial score (nSPS) is 20.7. The first-order valence-corrected chi connectivity index (χ1v) is 9.16. The maximum absolute atomic E-state index is 11.4. The average Bonchev–Trinajstić information content (AvgIpc) is 3.07. The molecule has 1 saturated heterocycles. The highest BCUT2D eigenvalue weighted by Gasteiger charge is 2.30. The van der Waals surface area contributed by atoms with Crippen molar-refractivity contribution in [1.82, 2.24) is 19.9 Å². The van der Waals surface area contributed by atoms with E-state index in [1.807, 2.05) is 42.4 Å². The molecule has 0 radical (unpaired) electrons. The molecule has 0 unspecified atom stereocenters. The Morgan fingerprint density at radius 3 is 3.00 bits per heavy atom. The third-order valence-corrected chi connectivity index (χ3v) is 5.18. The van der Waals surface area contributed by atoms with Crippen LogP contribution in [0.25, 0.3) is 22.2 Å². The highest BCUT2D eigenvalue weighted by Crippen LogP contribution is 2.32. The lowest BCUT2D eigenvalue weighted by Gasteiger charge is -2.34. The van der Waals surface area contributed by atoms with Crippen LogP contribution in [0.3, 0.4) is 0 Å². The molecule has 1 fully saturated rings. The van der Waals surface area contributed by atoms with Gasteiger partial charge in [-0.15, -0.1) is 0 Å². The van der Waals surface area contributed by atoms with Crippen molar-refractivity contribution in [1.29, 1.82) is 0 Å². The number of carbonyl (C=O) groups is 1. The summed E-state index contributed by atoms with van der Waals surface area (Å²) < 4.78 is 0. The van der Waals surface area contributed by atoms with E-state index < -0.39 is 11.9 Å². The number of carboxylic acids is 1. The summed E-state index contributed by atoms with van der Waals surface area (Å²) in [6.45, 7) is 1.29. The minimum Gasteiger partial charge on any atom is -0.481 e. The van der Waals surface area contributed by atoms with Gasteiger partial charge >= 0.3 is 5.97 Å². The van der Waals surface area contributed by atoms with E-state index >= 15 is 0 Å². The molecule has 4 rings (SSSR count). The van der Waals surface area contributed by atoms with E-state index in [1.165, 1.54) is 0 Å². The van der Waals surface area contributed by atoms with Crippen molar-refractivity contribution in [2.75, 3.05) is 25.5 Å². The Balaban J connectivity index is 1.62. The smallest absolute Gasteiger partial charge is 0.307 e. The number of rotatable bonds is 4. The summed E-state index contributed by atoms with van der Waals surface area (Å²) in [6.07, 6.45) is 4.00. The number of hydrogen-bond acceptors (Lipinski definition) is 5. The second-order valence-corrected chi connectivity index (χ2v) is 7.38. The molecule has 1 aliphatic rings. The molecule has 3 N–H and O–H groups in total. The largest absolute Gasteiger partial charge is 0.481 e. The molecule has 8 heteroatoms. The van der Waals surface area contributed by atoms with E-state index in [4.69, 9.17) is 11.6 Å². The number of benzene rings is 1. The molecule has 3 aromatic rings. The number of carboxylic acid groups (broad SMARTS) is 1. The Hall–Kier alpha value is -2.64. The Morgan fingerprint density at radius 2 is 2.19 bits per heavy atom. The fourth-order valence-electron chi connectivity index (χ4n) is 3.68. The molecular weight excluding hydrogens is 366 g/mol. The Kier molecular flexibility index (Phi) is 4.72. The number of nitrogens with zero attached hydrogens (tertiary/aromatic N) is 3. The molecule has 3 heterocycles. The SMILES string of the molecule is CN1C[C@@H](Nc2ncc(Cl)c(-c3c[nH]c4ccccc34)n2)C[C@H](C(=O)O)C1. The molecule has 2 atom stereocenters. The summed E-state index contributed by atoms with van der Waals surface area (Å²) in [5.41, 5.74) is 2.56. The quantitative estimate of drug-likeness (QED) is 0.639. The molecule has 0 spiro atoms. The number of para-hydroxylation sites is 1. The number of H-pyrrole nitrogens is 1. The van der Waals surface area contributed by atoms with Gasteiger partial charge in [0, 0.05) is 41.8 Å². The van der Waals surface area contributed by atoms with Crippen LogP contribution in [0.5, 0.6) is 0 Å². The maximum atomic E-state index is 11.4. The zero-order valence-corrected chi connectivity index (χ0v) is 15.6. The summed E-state index contributed by atoms with van der Waals surface area (Å²) in [4.78, 5) is 25.5. The van der Waals surface area contributed by atoms with Crippen molar-refractivity contribution in [3.8, 4) is 11.3 Å². The predicted octanol–water partition coefficient (Wildman–Crippen LogP) is 3.10. The summed E-state index contributed by atoms with van der Waals surface area (Å²) >= 11 is 6.37. The van der Waals surface area contributed by atoms with Crippen molar-refractivity contribution >= 4 is 34.4 Å². The van der Waals surface area contributed by atoms with E-state index in [9.17, 15) is 9.90 Å². The Bertz CT molecular complexity index is 989. The van der Waals surface area contributed by atoms with Crippen molar-refractivity contribution in [2.24, 2.45) is 5.92 Å². The van der Waals surface area contributed by atoms with Crippen molar-refractivity contribution < 1.29 is 9.90 Å². The standard InChI is InChI=1S/C19H20ClN5O2/c1-25-9-11(18(26)27)6-12(10-25)23-19-22-8-15(20)17(24-19)14-7-21-16-5-3-2-4-13(14)16/h2-5,7-8,11-12,21H,6,9-10H2,1H3,(H,26,27)(H,22,23,24)/t11-,12-/m0/s1. The van der Waals surface area contributed by atoms with Gasteiger partial charge < -0.3 is 20.3 Å². The Labute approximate surface area is 161 Å². The van der Waals surface area contributed by atoms with Crippen molar-refractivity contribution in [3.63, 3.8) is 0 Å². The molecule has 0 aliphatic carbocycles. The lowest BCUT2D eigenvalue weighted by atomic mass is 9.95. The number of aromatic nitrogens is 3. The number of aromatic amines is 1. The average molecular weight is 386 g/mol. The van der Waals surface area contributed by atoms with Crippen molar-refractivity contribution in [2.45, 2.75) is 12.5 Å². The van der Waals surface area contributed by atoms with Gasteiger partial charge in [-0.2, -0.15) is 0 Å². The lowest BCUT2D eigenvalue weighted by Crippen LogP contribution is -2.46. The topological polar surface area (TPSA) is 94.1 Å². The van der Waals surface area contributed by atoms with E-state index in [2.05, 4.69) is 20.3 Å². The maximum Gasteiger partial charge on any atom is 0.307 e. The minimum absolute atomic E-state index is 0.0400.